The first-order valence-corrected chi connectivity index (χ1v) is 10.3. The molecule has 32 heavy (non-hydrogen) atoms. The van der Waals surface area contributed by atoms with E-state index in [1.165, 1.54) is 35.2 Å². The number of rotatable bonds is 8. The number of nitrogens with zero attached hydrogens (tertiary/aromatic N) is 3. The maximum atomic E-state index is 13.3. The molecule has 0 aliphatic carbocycles. The van der Waals surface area contributed by atoms with Gasteiger partial charge in [0.05, 0.1) is 16.5 Å². The summed E-state index contributed by atoms with van der Waals surface area (Å²) >= 11 is 0. The Morgan fingerprint density at radius 2 is 1.81 bits per heavy atom. The lowest BCUT2D eigenvalue weighted by Crippen LogP contribution is -2.38. The normalized spacial score (nSPS) is 17.9. The average molecular weight is 441 g/mol. The van der Waals surface area contributed by atoms with Crippen molar-refractivity contribution in [1.82, 2.24) is 9.80 Å². The molecule has 1 heterocycles. The van der Waals surface area contributed by atoms with Crippen LogP contribution in [0.15, 0.2) is 54.1 Å². The summed E-state index contributed by atoms with van der Waals surface area (Å²) in [6.45, 7) is 6.13. The third-order valence-electron chi connectivity index (χ3n) is 5.61. The molecule has 8 nitrogen and oxygen atoms in total. The van der Waals surface area contributed by atoms with E-state index in [1.807, 2.05) is 13.8 Å². The number of aliphatic hydroxyl groups is 1. The predicted octanol–water partition coefficient (Wildman–Crippen LogP) is 3.50. The molecule has 2 aromatic rings. The first-order valence-electron chi connectivity index (χ1n) is 10.3. The zero-order valence-corrected chi connectivity index (χ0v) is 17.8. The summed E-state index contributed by atoms with van der Waals surface area (Å²) in [6, 6.07) is 9.51. The second kappa shape index (κ2) is 9.69. The van der Waals surface area contributed by atoms with Crippen molar-refractivity contribution in [3.8, 4) is 0 Å². The summed E-state index contributed by atoms with van der Waals surface area (Å²) in [5.74, 6) is -2.65. The van der Waals surface area contributed by atoms with E-state index in [4.69, 9.17) is 0 Å². The minimum absolute atomic E-state index is 0.170. The molecule has 2 aromatic carbocycles. The summed E-state index contributed by atoms with van der Waals surface area (Å²) in [4.78, 5) is 40.0. The van der Waals surface area contributed by atoms with Crippen molar-refractivity contribution in [2.45, 2.75) is 19.9 Å². The molecule has 168 valence electrons. The lowest BCUT2D eigenvalue weighted by atomic mass is 9.95. The molecular weight excluding hydrogens is 417 g/mol. The highest BCUT2D eigenvalue weighted by atomic mass is 19.1. The van der Waals surface area contributed by atoms with Crippen molar-refractivity contribution in [3.05, 3.63) is 81.2 Å². The molecule has 9 heteroatoms. The van der Waals surface area contributed by atoms with E-state index in [9.17, 15) is 29.2 Å². The zero-order chi connectivity index (χ0) is 23.4. The number of amides is 1. The van der Waals surface area contributed by atoms with Crippen LogP contribution in [0.25, 0.3) is 5.76 Å². The standard InChI is InChI=1S/C23H24FN3O5/c1-3-25(4-2)12-13-26-20(16-6-5-7-18(14-16)27(31)32)19(22(29)23(26)30)21(28)15-8-10-17(24)11-9-15/h5-11,14,20,28H,3-4,12-13H2,1-2H3/t20-/m0/s1. The van der Waals surface area contributed by atoms with E-state index in [0.29, 0.717) is 12.1 Å². The van der Waals surface area contributed by atoms with Gasteiger partial charge >= 0.3 is 0 Å². The lowest BCUT2D eigenvalue weighted by molar-refractivity contribution is -0.384. The third-order valence-corrected chi connectivity index (χ3v) is 5.61. The Morgan fingerprint density at radius 1 is 1.16 bits per heavy atom. The van der Waals surface area contributed by atoms with Gasteiger partial charge in [0.15, 0.2) is 0 Å². The van der Waals surface area contributed by atoms with Gasteiger partial charge < -0.3 is 14.9 Å². The van der Waals surface area contributed by atoms with Crippen LogP contribution in [-0.4, -0.2) is 57.7 Å². The van der Waals surface area contributed by atoms with Crippen LogP contribution in [0.4, 0.5) is 10.1 Å². The van der Waals surface area contributed by atoms with Gasteiger partial charge in [-0.1, -0.05) is 26.0 Å². The van der Waals surface area contributed by atoms with E-state index in [1.54, 1.807) is 6.07 Å². The molecular formula is C23H24FN3O5. The predicted molar refractivity (Wildman–Crippen MR) is 116 cm³/mol. The monoisotopic (exact) mass is 441 g/mol. The Bertz CT molecular complexity index is 1060. The van der Waals surface area contributed by atoms with Crippen molar-refractivity contribution in [3.63, 3.8) is 0 Å². The number of hydrogen-bond donors (Lipinski definition) is 1. The van der Waals surface area contributed by atoms with Crippen LogP contribution in [0.3, 0.4) is 0 Å². The molecule has 0 radical (unpaired) electrons. The quantitative estimate of drug-likeness (QED) is 0.221. The van der Waals surface area contributed by atoms with Crippen LogP contribution in [0.5, 0.6) is 0 Å². The van der Waals surface area contributed by atoms with E-state index >= 15 is 0 Å². The van der Waals surface area contributed by atoms with E-state index in [-0.39, 0.29) is 23.4 Å². The maximum absolute atomic E-state index is 13.3. The molecule has 1 aliphatic rings. The fourth-order valence-electron chi connectivity index (χ4n) is 3.82. The highest BCUT2D eigenvalue weighted by Gasteiger charge is 2.46. The van der Waals surface area contributed by atoms with Crippen LogP contribution < -0.4 is 0 Å². The van der Waals surface area contributed by atoms with E-state index in [2.05, 4.69) is 4.90 Å². The van der Waals surface area contributed by atoms with Crippen molar-refractivity contribution >= 4 is 23.1 Å². The van der Waals surface area contributed by atoms with Crippen LogP contribution >= 0.6 is 0 Å². The fourth-order valence-corrected chi connectivity index (χ4v) is 3.82. The van der Waals surface area contributed by atoms with Gasteiger partial charge in [-0.3, -0.25) is 19.7 Å². The van der Waals surface area contributed by atoms with Crippen LogP contribution in [-0.2, 0) is 9.59 Å². The molecule has 0 aromatic heterocycles. The summed E-state index contributed by atoms with van der Waals surface area (Å²) in [7, 11) is 0. The number of nitro groups is 1. The molecule has 1 amide bonds. The SMILES string of the molecule is CCN(CC)CCN1C(=O)C(=O)C(=C(O)c2ccc(F)cc2)[C@@H]1c1cccc([N+](=O)[O-])c1. The molecule has 1 atom stereocenters. The highest BCUT2D eigenvalue weighted by molar-refractivity contribution is 6.46. The molecule has 1 aliphatic heterocycles. The Labute approximate surface area is 184 Å². The van der Waals surface area contributed by atoms with Gasteiger partial charge in [-0.15, -0.1) is 0 Å². The van der Waals surface area contributed by atoms with Crippen molar-refractivity contribution in [1.29, 1.82) is 0 Å². The van der Waals surface area contributed by atoms with Crippen molar-refractivity contribution in [2.75, 3.05) is 26.2 Å². The Hall–Kier alpha value is -3.59. The number of aliphatic hydroxyl groups excluding tert-OH is 1. The number of non-ortho nitro benzene ring substituents is 1. The Morgan fingerprint density at radius 3 is 2.41 bits per heavy atom. The minimum Gasteiger partial charge on any atom is -0.507 e. The van der Waals surface area contributed by atoms with E-state index in [0.717, 1.165) is 25.2 Å². The molecule has 0 bridgehead atoms. The number of Topliss-reactive ketones (excluding diaryl/α,β-unsaturated/α-hetero) is 1. The van der Waals surface area contributed by atoms with Gasteiger partial charge in [0.25, 0.3) is 17.4 Å². The number of hydrogen-bond acceptors (Lipinski definition) is 6. The molecule has 1 N–H and O–H groups in total. The van der Waals surface area contributed by atoms with Crippen LogP contribution in [0, 0.1) is 15.9 Å². The summed E-state index contributed by atoms with van der Waals surface area (Å²) in [5, 5.41) is 22.2. The van der Waals surface area contributed by atoms with Crippen LogP contribution in [0.1, 0.15) is 31.0 Å². The summed E-state index contributed by atoms with van der Waals surface area (Å²) in [5.41, 5.74) is 0.130. The van der Waals surface area contributed by atoms with E-state index < -0.39 is 34.2 Å². The number of nitro benzene ring substituents is 1. The molecule has 3 rings (SSSR count). The molecule has 0 saturated carbocycles. The van der Waals surface area contributed by atoms with Gasteiger partial charge in [0, 0.05) is 30.8 Å². The summed E-state index contributed by atoms with van der Waals surface area (Å²) in [6.07, 6.45) is 0. The molecule has 0 unspecified atom stereocenters. The molecule has 1 saturated heterocycles. The van der Waals surface area contributed by atoms with Gasteiger partial charge in [-0.25, -0.2) is 4.39 Å². The number of benzene rings is 2. The Balaban J connectivity index is 2.13. The fraction of sp³-hybridized carbons (Fsp3) is 0.304. The first-order chi connectivity index (χ1) is 15.3. The van der Waals surface area contributed by atoms with Gasteiger partial charge in [0.1, 0.15) is 11.6 Å². The van der Waals surface area contributed by atoms with Gasteiger partial charge in [0.2, 0.25) is 0 Å². The van der Waals surface area contributed by atoms with Crippen LogP contribution in [0.2, 0.25) is 0 Å². The number of carbonyl (C=O) groups is 2. The van der Waals surface area contributed by atoms with Gasteiger partial charge in [-0.05, 0) is 42.9 Å². The van der Waals surface area contributed by atoms with Crippen molar-refractivity contribution in [2.24, 2.45) is 0 Å². The molecule has 0 spiro atoms. The second-order valence-corrected chi connectivity index (χ2v) is 7.38. The first kappa shape index (κ1) is 23.1. The zero-order valence-electron chi connectivity index (χ0n) is 17.8. The Kier molecular flexibility index (Phi) is 6.99. The maximum Gasteiger partial charge on any atom is 0.295 e. The smallest absolute Gasteiger partial charge is 0.295 e. The molecule has 1 fully saturated rings. The number of likely N-dealkylation sites (tertiary alicyclic amines) is 1. The second-order valence-electron chi connectivity index (χ2n) is 7.38. The number of carbonyl (C=O) groups excluding carboxylic acids is 2. The average Bonchev–Trinajstić information content (AvgIpc) is 3.04. The van der Waals surface area contributed by atoms with Gasteiger partial charge in [-0.2, -0.15) is 0 Å². The highest BCUT2D eigenvalue weighted by Crippen LogP contribution is 2.40. The third kappa shape index (κ3) is 4.52. The minimum atomic E-state index is -1.00. The number of likely N-dealkylation sites (N-methyl/N-ethyl adjacent to an activating group) is 1. The number of halogens is 1. The van der Waals surface area contributed by atoms with Crippen molar-refractivity contribution < 1.29 is 24.0 Å². The summed E-state index contributed by atoms with van der Waals surface area (Å²) < 4.78 is 13.3. The number of ketones is 1. The topological polar surface area (TPSA) is 104 Å². The lowest BCUT2D eigenvalue weighted by Gasteiger charge is -2.28. The largest absolute Gasteiger partial charge is 0.507 e.